The van der Waals surface area contributed by atoms with Gasteiger partial charge in [0.2, 0.25) is 5.13 Å². The zero-order valence-corrected chi connectivity index (χ0v) is 19.4. The third-order valence-electron chi connectivity index (χ3n) is 5.59. The molecule has 180 valence electrons. The first-order chi connectivity index (χ1) is 16.6. The van der Waals surface area contributed by atoms with Gasteiger partial charge in [0.15, 0.2) is 10.6 Å². The van der Waals surface area contributed by atoms with Crippen molar-refractivity contribution in [2.75, 3.05) is 23.3 Å². The normalized spacial score (nSPS) is 15.3. The van der Waals surface area contributed by atoms with E-state index in [1.807, 2.05) is 32.0 Å². The molecule has 0 atom stereocenters. The van der Waals surface area contributed by atoms with Crippen LogP contribution < -0.4 is 10.2 Å². The van der Waals surface area contributed by atoms with Gasteiger partial charge in [-0.3, -0.25) is 4.98 Å². The Balaban J connectivity index is 1.47. The van der Waals surface area contributed by atoms with E-state index in [0.717, 1.165) is 28.2 Å². The summed E-state index contributed by atoms with van der Waals surface area (Å²) in [5.41, 5.74) is 1.23. The lowest BCUT2D eigenvalue weighted by atomic mass is 9.94. The maximum absolute atomic E-state index is 13.0. The Morgan fingerprint density at radius 3 is 2.66 bits per heavy atom. The number of fused-ring (bicyclic) bond motifs is 1. The topological polar surface area (TPSA) is 115 Å². The molecule has 0 amide bonds. The summed E-state index contributed by atoms with van der Waals surface area (Å²) in [6, 6.07) is 9.44. The van der Waals surface area contributed by atoms with E-state index in [9.17, 15) is 18.3 Å². The van der Waals surface area contributed by atoms with Crippen molar-refractivity contribution >= 4 is 27.7 Å². The molecule has 0 unspecified atom stereocenters. The van der Waals surface area contributed by atoms with Crippen LogP contribution in [-0.4, -0.2) is 60.8 Å². The fraction of sp³-hybridized carbons (Fsp3) is 0.318. The summed E-state index contributed by atoms with van der Waals surface area (Å²) in [5, 5.41) is 35.5. The Kier molecular flexibility index (Phi) is 5.37. The minimum Gasteiger partial charge on any atom is -0.382 e. The van der Waals surface area contributed by atoms with Crippen LogP contribution in [0.15, 0.2) is 36.7 Å². The number of nitriles is 1. The predicted octanol–water partition coefficient (Wildman–Crippen LogP) is 3.72. The number of pyridine rings is 1. The molecular weight excluding hydrogens is 481 g/mol. The van der Waals surface area contributed by atoms with Gasteiger partial charge in [0.1, 0.15) is 6.07 Å². The highest BCUT2D eigenvalue weighted by Crippen LogP contribution is 2.42. The van der Waals surface area contributed by atoms with Crippen LogP contribution >= 0.6 is 11.3 Å². The summed E-state index contributed by atoms with van der Waals surface area (Å²) in [5.74, 6) is 0. The van der Waals surface area contributed by atoms with E-state index >= 15 is 0 Å². The molecule has 4 aromatic heterocycles. The third-order valence-corrected chi connectivity index (χ3v) is 6.61. The van der Waals surface area contributed by atoms with E-state index in [1.54, 1.807) is 16.8 Å². The molecule has 0 saturated carbocycles. The maximum atomic E-state index is 13.0. The van der Waals surface area contributed by atoms with Gasteiger partial charge in [0.05, 0.1) is 47.3 Å². The number of aromatic nitrogens is 5. The molecular formula is C22H19F3N8OS. The van der Waals surface area contributed by atoms with Crippen molar-refractivity contribution in [3.63, 3.8) is 0 Å². The standard InChI is InChI=1S/C22H19F3N8OS/c1-12(2)29-16-6-17(18-4-3-14-5-13(7-26)8-28-33(14)18)27-9-15(16)19-30-31-20(35-19)32-10-21(34,11-32)22(23,24)25/h3-6,8-9,12,34H,10-11H2,1-2H3,(H,27,29). The second-order valence-corrected chi connectivity index (χ2v) is 9.56. The van der Waals surface area contributed by atoms with Crippen LogP contribution in [0.25, 0.3) is 27.5 Å². The summed E-state index contributed by atoms with van der Waals surface area (Å²) in [7, 11) is 0. The Labute approximate surface area is 201 Å². The molecule has 5 rings (SSSR count). The first-order valence-corrected chi connectivity index (χ1v) is 11.4. The molecule has 1 aliphatic heterocycles. The number of aliphatic hydroxyl groups is 1. The Bertz CT molecular complexity index is 1450. The molecule has 0 spiro atoms. The Morgan fingerprint density at radius 2 is 1.97 bits per heavy atom. The minimum atomic E-state index is -4.70. The van der Waals surface area contributed by atoms with Crippen LogP contribution in [0.2, 0.25) is 0 Å². The van der Waals surface area contributed by atoms with Crippen LogP contribution in [-0.2, 0) is 0 Å². The van der Waals surface area contributed by atoms with Gasteiger partial charge >= 0.3 is 6.18 Å². The second kappa shape index (κ2) is 8.17. The molecule has 0 aliphatic carbocycles. The van der Waals surface area contributed by atoms with Crippen molar-refractivity contribution in [1.82, 2.24) is 24.8 Å². The summed E-state index contributed by atoms with van der Waals surface area (Å²) in [6.45, 7) is 2.79. The van der Waals surface area contributed by atoms with E-state index < -0.39 is 24.9 Å². The number of alkyl halides is 3. The summed E-state index contributed by atoms with van der Waals surface area (Å²) >= 11 is 1.13. The number of anilines is 2. The molecule has 2 N–H and O–H groups in total. The van der Waals surface area contributed by atoms with Gasteiger partial charge in [-0.15, -0.1) is 10.2 Å². The largest absolute Gasteiger partial charge is 0.420 e. The lowest BCUT2D eigenvalue weighted by molar-refractivity contribution is -0.267. The number of nitrogens with zero attached hydrogens (tertiary/aromatic N) is 7. The van der Waals surface area contributed by atoms with Crippen LogP contribution in [0.3, 0.4) is 0 Å². The van der Waals surface area contributed by atoms with Crippen LogP contribution in [0.4, 0.5) is 24.0 Å². The molecule has 1 aliphatic rings. The van der Waals surface area contributed by atoms with E-state index in [1.165, 1.54) is 11.1 Å². The van der Waals surface area contributed by atoms with Crippen molar-refractivity contribution in [1.29, 1.82) is 5.26 Å². The lowest BCUT2D eigenvalue weighted by Gasteiger charge is -2.46. The van der Waals surface area contributed by atoms with Gasteiger partial charge in [-0.25, -0.2) is 4.52 Å². The van der Waals surface area contributed by atoms with E-state index in [4.69, 9.17) is 5.26 Å². The molecule has 5 heterocycles. The average molecular weight is 501 g/mol. The molecule has 1 fully saturated rings. The van der Waals surface area contributed by atoms with Gasteiger partial charge in [0, 0.05) is 17.9 Å². The fourth-order valence-electron chi connectivity index (χ4n) is 3.80. The first-order valence-electron chi connectivity index (χ1n) is 10.6. The highest BCUT2D eigenvalue weighted by Gasteiger charge is 2.61. The highest BCUT2D eigenvalue weighted by molar-refractivity contribution is 7.18. The molecule has 13 heteroatoms. The zero-order chi connectivity index (χ0) is 25.0. The number of nitrogens with one attached hydrogen (secondary N) is 1. The van der Waals surface area contributed by atoms with Crippen LogP contribution in [0, 0.1) is 11.3 Å². The number of rotatable bonds is 5. The summed E-state index contributed by atoms with van der Waals surface area (Å²) in [4.78, 5) is 5.92. The van der Waals surface area contributed by atoms with Gasteiger partial charge in [-0.2, -0.15) is 23.5 Å². The Hall–Kier alpha value is -3.76. The number of hydrogen-bond donors (Lipinski definition) is 2. The predicted molar refractivity (Wildman–Crippen MR) is 124 cm³/mol. The first kappa shape index (κ1) is 23.0. The van der Waals surface area contributed by atoms with Crippen LogP contribution in [0.1, 0.15) is 19.4 Å². The highest BCUT2D eigenvalue weighted by atomic mass is 32.1. The third kappa shape index (κ3) is 4.04. The van der Waals surface area contributed by atoms with Crippen molar-refractivity contribution in [3.05, 3.63) is 42.2 Å². The average Bonchev–Trinajstić information content (AvgIpc) is 3.42. The molecule has 0 aromatic carbocycles. The van der Waals surface area contributed by atoms with Gasteiger partial charge in [-0.05, 0) is 38.1 Å². The van der Waals surface area contributed by atoms with Crippen molar-refractivity contribution in [3.8, 4) is 28.0 Å². The fourth-order valence-corrected chi connectivity index (χ4v) is 4.67. The van der Waals surface area contributed by atoms with E-state index in [0.29, 0.717) is 27.0 Å². The molecule has 9 nitrogen and oxygen atoms in total. The maximum Gasteiger partial charge on any atom is 0.420 e. The molecule has 35 heavy (non-hydrogen) atoms. The van der Waals surface area contributed by atoms with E-state index in [-0.39, 0.29) is 6.04 Å². The van der Waals surface area contributed by atoms with Crippen molar-refractivity contribution in [2.24, 2.45) is 0 Å². The smallest absolute Gasteiger partial charge is 0.382 e. The van der Waals surface area contributed by atoms with Gasteiger partial charge in [-0.1, -0.05) is 11.3 Å². The lowest BCUT2D eigenvalue weighted by Crippen LogP contribution is -2.69. The molecule has 0 bridgehead atoms. The Morgan fingerprint density at radius 1 is 1.20 bits per heavy atom. The molecule has 0 radical (unpaired) electrons. The number of hydrogen-bond acceptors (Lipinski definition) is 9. The summed E-state index contributed by atoms with van der Waals surface area (Å²) in [6.07, 6.45) is -1.58. The zero-order valence-electron chi connectivity index (χ0n) is 18.6. The number of halogens is 3. The number of β-amino-alcohol motifs (C(OH)–C–C–N with tert-alkyl or cyclic N) is 1. The van der Waals surface area contributed by atoms with Crippen molar-refractivity contribution in [2.45, 2.75) is 31.7 Å². The monoisotopic (exact) mass is 500 g/mol. The minimum absolute atomic E-state index is 0.0777. The van der Waals surface area contributed by atoms with Gasteiger partial charge < -0.3 is 15.3 Å². The summed E-state index contributed by atoms with van der Waals surface area (Å²) < 4.78 is 40.6. The van der Waals surface area contributed by atoms with E-state index in [2.05, 4.69) is 31.7 Å². The molecule has 1 saturated heterocycles. The second-order valence-electron chi connectivity index (χ2n) is 8.60. The van der Waals surface area contributed by atoms with Crippen LogP contribution in [0.5, 0.6) is 0 Å². The molecule has 4 aromatic rings. The van der Waals surface area contributed by atoms with Crippen molar-refractivity contribution < 1.29 is 18.3 Å². The van der Waals surface area contributed by atoms with Gasteiger partial charge in [0.25, 0.3) is 0 Å². The quantitative estimate of drug-likeness (QED) is 0.426. The SMILES string of the molecule is CC(C)Nc1cc(-c2ccc3cc(C#N)cnn23)ncc1-c1nnc(N2CC(O)(C(F)(F)F)C2)s1.